The number of hydrogen-bond donors (Lipinski definition) is 2. The highest BCUT2D eigenvalue weighted by Gasteiger charge is 2.20. The van der Waals surface area contributed by atoms with Crippen LogP contribution in [0.15, 0.2) is 85.2 Å². The molecule has 0 radical (unpaired) electrons. The topological polar surface area (TPSA) is 107 Å². The second-order valence-corrected chi connectivity index (χ2v) is 11.5. The van der Waals surface area contributed by atoms with Crippen molar-refractivity contribution < 1.29 is 8.42 Å². The minimum atomic E-state index is -3.52. The van der Waals surface area contributed by atoms with Crippen molar-refractivity contribution in [1.29, 1.82) is 5.41 Å². The second-order valence-electron chi connectivity index (χ2n) is 9.63. The summed E-state index contributed by atoms with van der Waals surface area (Å²) < 4.78 is 27.0. The summed E-state index contributed by atoms with van der Waals surface area (Å²) >= 11 is 0. The van der Waals surface area contributed by atoms with Gasteiger partial charge in [-0.1, -0.05) is 24.3 Å². The van der Waals surface area contributed by atoms with Crippen molar-refractivity contribution in [2.24, 2.45) is 5.73 Å². The van der Waals surface area contributed by atoms with E-state index in [1.807, 2.05) is 85.2 Å². The van der Waals surface area contributed by atoms with Crippen molar-refractivity contribution in [3.8, 4) is 0 Å². The average Bonchev–Trinajstić information content (AvgIpc) is 3.18. The molecular weight excluding hydrogens is 567 g/mol. The van der Waals surface area contributed by atoms with E-state index in [2.05, 4.69) is 14.8 Å². The van der Waals surface area contributed by atoms with Crippen LogP contribution in [0.3, 0.4) is 0 Å². The molecule has 8 nitrogen and oxygen atoms in total. The van der Waals surface area contributed by atoms with Crippen LogP contribution in [0.1, 0.15) is 17.5 Å². The smallest absolute Gasteiger partial charge is 0.232 e. The number of sulfonamides is 1. The standard InChI is InChI=1S/C29H32N6O2S.2ClH/c1-38(36,37)35(21-22-3-4-23-5-6-24(29(30)31)20-25(23)19-22)28-9-7-26(8-10-28)33-15-2-16-34(18-17-33)27-11-13-32-14-12-27;;/h3-14,19-20H,2,15-18,21H2,1H3,(H3,30,31);2*1H. The average molecular weight is 602 g/mol. The molecule has 3 aromatic carbocycles. The van der Waals surface area contributed by atoms with Crippen LogP contribution in [-0.2, 0) is 16.6 Å². The first-order chi connectivity index (χ1) is 18.3. The number of aromatic nitrogens is 1. The van der Waals surface area contributed by atoms with Crippen LogP contribution in [0.25, 0.3) is 10.8 Å². The lowest BCUT2D eigenvalue weighted by Gasteiger charge is -2.26. The normalized spacial score (nSPS) is 13.6. The lowest BCUT2D eigenvalue weighted by molar-refractivity contribution is 0.596. The molecule has 1 aliphatic heterocycles. The molecule has 0 amide bonds. The maximum absolute atomic E-state index is 12.8. The predicted octanol–water partition coefficient (Wildman–Crippen LogP) is 5.05. The van der Waals surface area contributed by atoms with E-state index in [4.69, 9.17) is 11.1 Å². The van der Waals surface area contributed by atoms with E-state index >= 15 is 0 Å². The summed E-state index contributed by atoms with van der Waals surface area (Å²) in [7, 11) is -3.52. The Morgan fingerprint density at radius 2 is 1.45 bits per heavy atom. The third-order valence-corrected chi connectivity index (χ3v) is 8.11. The summed E-state index contributed by atoms with van der Waals surface area (Å²) in [5, 5.41) is 9.63. The molecule has 1 fully saturated rings. The van der Waals surface area contributed by atoms with Crippen molar-refractivity contribution in [3.63, 3.8) is 0 Å². The van der Waals surface area contributed by atoms with Crippen LogP contribution in [0.4, 0.5) is 17.1 Å². The number of nitrogen functional groups attached to an aromatic ring is 1. The summed E-state index contributed by atoms with van der Waals surface area (Å²) in [6.07, 6.45) is 5.92. The third kappa shape index (κ3) is 7.15. The quantitative estimate of drug-likeness (QED) is 0.227. The van der Waals surface area contributed by atoms with Crippen LogP contribution in [0, 0.1) is 5.41 Å². The molecule has 0 bridgehead atoms. The molecule has 2 heterocycles. The summed E-state index contributed by atoms with van der Waals surface area (Å²) in [5.41, 5.74) is 10.1. The van der Waals surface area contributed by atoms with Gasteiger partial charge in [-0.3, -0.25) is 14.7 Å². The number of fused-ring (bicyclic) bond motifs is 1. The zero-order valence-electron chi connectivity index (χ0n) is 22.2. The Labute approximate surface area is 248 Å². The number of nitrogens with zero attached hydrogens (tertiary/aromatic N) is 4. The van der Waals surface area contributed by atoms with Crippen molar-refractivity contribution in [2.75, 3.05) is 46.5 Å². The zero-order chi connectivity index (χ0) is 26.7. The maximum Gasteiger partial charge on any atom is 0.232 e. The number of benzene rings is 3. The van der Waals surface area contributed by atoms with Crippen LogP contribution < -0.4 is 19.8 Å². The minimum absolute atomic E-state index is 0. The molecule has 1 saturated heterocycles. The number of hydrogen-bond acceptors (Lipinski definition) is 6. The van der Waals surface area contributed by atoms with Gasteiger partial charge in [-0.05, 0) is 71.3 Å². The van der Waals surface area contributed by atoms with Gasteiger partial charge in [-0.2, -0.15) is 0 Å². The monoisotopic (exact) mass is 600 g/mol. The molecule has 0 aliphatic carbocycles. The number of halogens is 2. The fourth-order valence-electron chi connectivity index (χ4n) is 4.95. The summed E-state index contributed by atoms with van der Waals surface area (Å²) in [5.74, 6) is 0.00429. The highest BCUT2D eigenvalue weighted by Crippen LogP contribution is 2.27. The summed E-state index contributed by atoms with van der Waals surface area (Å²) in [6.45, 7) is 3.94. The number of nitrogens with two attached hydrogens (primary N) is 1. The Hall–Kier alpha value is -3.53. The molecule has 0 spiro atoms. The van der Waals surface area contributed by atoms with Crippen molar-refractivity contribution >= 4 is 68.5 Å². The Morgan fingerprint density at radius 3 is 2.05 bits per heavy atom. The largest absolute Gasteiger partial charge is 0.384 e. The van der Waals surface area contributed by atoms with Gasteiger partial charge in [0.2, 0.25) is 10.0 Å². The van der Waals surface area contributed by atoms with Gasteiger partial charge in [-0.25, -0.2) is 8.42 Å². The Balaban J connectivity index is 0.00000220. The number of amidine groups is 1. The number of nitrogens with one attached hydrogen (secondary N) is 1. The van der Waals surface area contributed by atoms with Gasteiger partial charge < -0.3 is 15.5 Å². The highest BCUT2D eigenvalue weighted by atomic mass is 35.5. The lowest BCUT2D eigenvalue weighted by atomic mass is 10.0. The lowest BCUT2D eigenvalue weighted by Crippen LogP contribution is -2.31. The van der Waals surface area contributed by atoms with E-state index in [1.54, 1.807) is 0 Å². The first-order valence-electron chi connectivity index (χ1n) is 12.6. The Bertz CT molecular complexity index is 1550. The highest BCUT2D eigenvalue weighted by molar-refractivity contribution is 7.92. The van der Waals surface area contributed by atoms with E-state index < -0.39 is 10.0 Å². The van der Waals surface area contributed by atoms with Crippen LogP contribution in [0.2, 0.25) is 0 Å². The van der Waals surface area contributed by atoms with Gasteiger partial charge in [-0.15, -0.1) is 24.8 Å². The molecule has 4 aromatic rings. The van der Waals surface area contributed by atoms with E-state index in [1.165, 1.54) is 16.2 Å². The molecule has 0 saturated carbocycles. The molecule has 212 valence electrons. The van der Waals surface area contributed by atoms with E-state index in [0.29, 0.717) is 11.3 Å². The van der Waals surface area contributed by atoms with Gasteiger partial charge in [0, 0.05) is 55.5 Å². The number of rotatable bonds is 7. The van der Waals surface area contributed by atoms with Crippen LogP contribution in [-0.4, -0.2) is 51.7 Å². The van der Waals surface area contributed by atoms with Gasteiger partial charge in [0.25, 0.3) is 0 Å². The molecular formula is C29H34Cl2N6O2S. The van der Waals surface area contributed by atoms with Gasteiger partial charge in [0.15, 0.2) is 0 Å². The van der Waals surface area contributed by atoms with Gasteiger partial charge in [0.1, 0.15) is 5.84 Å². The van der Waals surface area contributed by atoms with Crippen LogP contribution in [0.5, 0.6) is 0 Å². The van der Waals surface area contributed by atoms with Crippen molar-refractivity contribution in [3.05, 3.63) is 96.3 Å². The van der Waals surface area contributed by atoms with Gasteiger partial charge in [0.05, 0.1) is 18.5 Å². The predicted molar refractivity (Wildman–Crippen MR) is 170 cm³/mol. The molecule has 1 aromatic heterocycles. The molecule has 11 heteroatoms. The summed E-state index contributed by atoms with van der Waals surface area (Å²) in [6, 6.07) is 23.3. The third-order valence-electron chi connectivity index (χ3n) is 6.97. The van der Waals surface area contributed by atoms with E-state index in [0.717, 1.165) is 54.6 Å². The van der Waals surface area contributed by atoms with Crippen molar-refractivity contribution in [1.82, 2.24) is 4.98 Å². The SMILES string of the molecule is CS(=O)(=O)N(Cc1ccc2ccc(C(=N)N)cc2c1)c1ccc(N2CCCN(c3ccncc3)CC2)cc1.Cl.Cl. The van der Waals surface area contributed by atoms with E-state index in [-0.39, 0.29) is 37.2 Å². The molecule has 0 unspecified atom stereocenters. The first kappa shape index (κ1) is 31.0. The maximum atomic E-state index is 12.8. The summed E-state index contributed by atoms with van der Waals surface area (Å²) in [4.78, 5) is 8.85. The molecule has 0 atom stereocenters. The first-order valence-corrected chi connectivity index (χ1v) is 14.5. The minimum Gasteiger partial charge on any atom is -0.384 e. The molecule has 1 aliphatic rings. The number of anilines is 3. The number of pyridine rings is 1. The second kappa shape index (κ2) is 13.2. The van der Waals surface area contributed by atoms with E-state index in [9.17, 15) is 8.42 Å². The fourth-order valence-corrected chi connectivity index (χ4v) is 5.83. The van der Waals surface area contributed by atoms with Crippen molar-refractivity contribution in [2.45, 2.75) is 13.0 Å². The van der Waals surface area contributed by atoms with Crippen LogP contribution >= 0.6 is 24.8 Å². The zero-order valence-corrected chi connectivity index (χ0v) is 24.7. The fraction of sp³-hybridized carbons (Fsp3) is 0.241. The molecule has 3 N–H and O–H groups in total. The Morgan fingerprint density at radius 1 is 0.850 bits per heavy atom. The van der Waals surface area contributed by atoms with Gasteiger partial charge >= 0.3 is 0 Å². The Kier molecular flexibility index (Phi) is 10.2. The molecule has 40 heavy (non-hydrogen) atoms. The molecule has 5 rings (SSSR count).